The van der Waals surface area contributed by atoms with Gasteiger partial charge in [-0.3, -0.25) is 0 Å². The molecule has 2 heterocycles. The van der Waals surface area contributed by atoms with Gasteiger partial charge in [0.15, 0.2) is 0 Å². The summed E-state index contributed by atoms with van der Waals surface area (Å²) in [5.41, 5.74) is 4.56. The van der Waals surface area contributed by atoms with E-state index in [-0.39, 0.29) is 0 Å². The van der Waals surface area contributed by atoms with E-state index >= 15 is 0 Å². The Kier molecular flexibility index (Phi) is 3.37. The van der Waals surface area contributed by atoms with Crippen LogP contribution in [-0.2, 0) is 0 Å². The molecule has 0 aromatic carbocycles. The van der Waals surface area contributed by atoms with Crippen molar-refractivity contribution < 1.29 is 21.2 Å². The Morgan fingerprint density at radius 1 is 1.35 bits per heavy atom. The van der Waals surface area contributed by atoms with Crippen LogP contribution in [0, 0.1) is 11.8 Å². The van der Waals surface area contributed by atoms with Crippen molar-refractivity contribution in [2.24, 2.45) is 11.8 Å². The minimum absolute atomic E-state index is 0.440. The average molecular weight is 345 g/mol. The van der Waals surface area contributed by atoms with E-state index in [1.165, 1.54) is 23.0 Å². The second-order valence-corrected chi connectivity index (χ2v) is 9.11. The third-order valence-corrected chi connectivity index (χ3v) is 7.71. The SMILES string of the molecule is CCC1=C[C@H]2C(C)[I-]CC[C@H]2C2=C1NCCN2. The molecular weight excluding hydrogens is 323 g/mol. The molecule has 0 aromatic rings. The molecule has 3 rings (SSSR count). The molecular formula is C14H22IN2-. The molecule has 2 aliphatic heterocycles. The molecule has 2 N–H and O–H groups in total. The minimum atomic E-state index is 0.440. The second kappa shape index (κ2) is 4.82. The molecule has 0 spiro atoms. The quantitative estimate of drug-likeness (QED) is 0.464. The second-order valence-electron chi connectivity index (χ2n) is 5.18. The Labute approximate surface area is 115 Å². The van der Waals surface area contributed by atoms with Crippen LogP contribution in [0.2, 0.25) is 0 Å². The van der Waals surface area contributed by atoms with Crippen LogP contribution in [0.3, 0.4) is 0 Å². The first-order valence-electron chi connectivity index (χ1n) is 6.82. The first-order chi connectivity index (χ1) is 8.31. The Hall–Kier alpha value is -0.190. The Morgan fingerprint density at radius 2 is 2.18 bits per heavy atom. The molecule has 0 amide bonds. The van der Waals surface area contributed by atoms with Gasteiger partial charge in [0.05, 0.1) is 0 Å². The van der Waals surface area contributed by atoms with Crippen molar-refractivity contribution in [3.63, 3.8) is 0 Å². The van der Waals surface area contributed by atoms with E-state index in [0.717, 1.165) is 28.8 Å². The topological polar surface area (TPSA) is 24.1 Å². The van der Waals surface area contributed by atoms with Crippen molar-refractivity contribution in [2.45, 2.75) is 30.6 Å². The molecule has 1 saturated heterocycles. The summed E-state index contributed by atoms with van der Waals surface area (Å²) >= 11 is 0.440. The maximum atomic E-state index is 3.69. The van der Waals surface area contributed by atoms with Crippen LogP contribution in [-0.4, -0.2) is 21.4 Å². The summed E-state index contributed by atoms with van der Waals surface area (Å²) in [6, 6.07) is 0. The van der Waals surface area contributed by atoms with Crippen LogP contribution in [0.1, 0.15) is 26.7 Å². The summed E-state index contributed by atoms with van der Waals surface area (Å²) in [5, 5.41) is 7.32. The van der Waals surface area contributed by atoms with Gasteiger partial charge in [0.1, 0.15) is 0 Å². The number of allylic oxidation sites excluding steroid dienone is 3. The van der Waals surface area contributed by atoms with Gasteiger partial charge in [-0.05, 0) is 0 Å². The first-order valence-corrected chi connectivity index (χ1v) is 9.59. The van der Waals surface area contributed by atoms with Crippen LogP contribution < -0.4 is 31.8 Å². The molecule has 2 nitrogen and oxygen atoms in total. The van der Waals surface area contributed by atoms with Crippen molar-refractivity contribution in [3.05, 3.63) is 23.0 Å². The van der Waals surface area contributed by atoms with Gasteiger partial charge in [-0.15, -0.1) is 0 Å². The van der Waals surface area contributed by atoms with Crippen LogP contribution in [0.15, 0.2) is 23.0 Å². The molecule has 0 radical (unpaired) electrons. The number of rotatable bonds is 1. The van der Waals surface area contributed by atoms with Gasteiger partial charge in [-0.2, -0.15) is 0 Å². The van der Waals surface area contributed by atoms with E-state index in [1.807, 2.05) is 0 Å². The van der Waals surface area contributed by atoms with E-state index in [1.54, 1.807) is 11.3 Å². The van der Waals surface area contributed by atoms with Crippen LogP contribution in [0.25, 0.3) is 0 Å². The summed E-state index contributed by atoms with van der Waals surface area (Å²) in [4.78, 5) is 0. The third kappa shape index (κ3) is 2.00. The van der Waals surface area contributed by atoms with Gasteiger partial charge in [0, 0.05) is 0 Å². The van der Waals surface area contributed by atoms with E-state index in [0.29, 0.717) is 21.2 Å². The summed E-state index contributed by atoms with van der Waals surface area (Å²) < 4.78 is 2.47. The zero-order valence-electron chi connectivity index (χ0n) is 10.7. The fourth-order valence-electron chi connectivity index (χ4n) is 3.34. The van der Waals surface area contributed by atoms with Crippen molar-refractivity contribution in [1.29, 1.82) is 0 Å². The molecule has 3 atom stereocenters. The molecule has 0 saturated carbocycles. The fourth-order valence-corrected chi connectivity index (χ4v) is 6.64. The molecule has 0 bridgehead atoms. The number of nitrogens with one attached hydrogen (secondary N) is 2. The van der Waals surface area contributed by atoms with E-state index in [9.17, 15) is 0 Å². The molecule has 1 aliphatic carbocycles. The Morgan fingerprint density at radius 3 is 3.00 bits per heavy atom. The molecule has 17 heavy (non-hydrogen) atoms. The Balaban J connectivity index is 1.99. The number of hydrogen-bond donors (Lipinski definition) is 2. The molecule has 0 aromatic heterocycles. The molecule has 3 aliphatic rings. The van der Waals surface area contributed by atoms with Crippen LogP contribution in [0.4, 0.5) is 0 Å². The molecule has 96 valence electrons. The van der Waals surface area contributed by atoms with Gasteiger partial charge >= 0.3 is 115 Å². The number of hydrogen-bond acceptors (Lipinski definition) is 2. The molecule has 3 heteroatoms. The van der Waals surface area contributed by atoms with Gasteiger partial charge in [-0.25, -0.2) is 0 Å². The number of alkyl halides is 2. The van der Waals surface area contributed by atoms with Gasteiger partial charge < -0.3 is 0 Å². The zero-order valence-corrected chi connectivity index (χ0v) is 12.9. The van der Waals surface area contributed by atoms with Gasteiger partial charge in [0.25, 0.3) is 0 Å². The van der Waals surface area contributed by atoms with Crippen LogP contribution >= 0.6 is 0 Å². The predicted molar refractivity (Wildman–Crippen MR) is 67.3 cm³/mol. The van der Waals surface area contributed by atoms with Gasteiger partial charge in [-0.1, -0.05) is 0 Å². The summed E-state index contributed by atoms with van der Waals surface area (Å²) in [7, 11) is 0. The summed E-state index contributed by atoms with van der Waals surface area (Å²) in [6.45, 7) is 6.95. The van der Waals surface area contributed by atoms with E-state index in [4.69, 9.17) is 0 Å². The van der Waals surface area contributed by atoms with Crippen molar-refractivity contribution in [2.75, 3.05) is 17.5 Å². The standard InChI is InChI=1S/C14H22IN2/c1-3-10-8-12-9(2)15-5-4-11(12)14-13(10)16-6-7-17-14/h8-9,11-12,16-17H,3-7H2,1-2H3/q-1/t9?,11-,12+/m1/s1. The van der Waals surface area contributed by atoms with Gasteiger partial charge in [0.2, 0.25) is 0 Å². The normalized spacial score (nSPS) is 36.8. The van der Waals surface area contributed by atoms with Crippen molar-refractivity contribution in [3.8, 4) is 0 Å². The number of halogens is 1. The summed E-state index contributed by atoms with van der Waals surface area (Å²) in [6.07, 6.45) is 5.19. The van der Waals surface area contributed by atoms with E-state index in [2.05, 4.69) is 30.6 Å². The zero-order chi connectivity index (χ0) is 11.8. The van der Waals surface area contributed by atoms with Crippen molar-refractivity contribution >= 4 is 0 Å². The van der Waals surface area contributed by atoms with Crippen LogP contribution in [0.5, 0.6) is 0 Å². The first kappa shape index (κ1) is 11.9. The Bertz CT molecular complexity index is 372. The average Bonchev–Trinajstić information content (AvgIpc) is 2.38. The summed E-state index contributed by atoms with van der Waals surface area (Å²) in [5.74, 6) is 1.62. The predicted octanol–water partition coefficient (Wildman–Crippen LogP) is -1.15. The molecule has 1 unspecified atom stereocenters. The van der Waals surface area contributed by atoms with E-state index < -0.39 is 0 Å². The number of fused-ring (bicyclic) bond motifs is 2. The monoisotopic (exact) mass is 345 g/mol. The molecule has 1 fully saturated rings. The fraction of sp³-hybridized carbons (Fsp3) is 0.714. The van der Waals surface area contributed by atoms with Crippen molar-refractivity contribution in [1.82, 2.24) is 10.6 Å². The maximum absolute atomic E-state index is 3.69. The third-order valence-electron chi connectivity index (χ3n) is 4.25.